The third kappa shape index (κ3) is 2.25. The van der Waals surface area contributed by atoms with Crippen LogP contribution in [0.1, 0.15) is 20.7 Å². The molecule has 5 heteroatoms. The molecule has 1 aromatic rings. The average Bonchev–Trinajstić information content (AvgIpc) is 2.27. The van der Waals surface area contributed by atoms with Crippen LogP contribution in [0.3, 0.4) is 0 Å². The molecule has 0 saturated carbocycles. The Labute approximate surface area is 86.8 Å². The van der Waals surface area contributed by atoms with E-state index in [0.717, 1.165) is 0 Å². The van der Waals surface area contributed by atoms with Crippen LogP contribution in [-0.4, -0.2) is 26.1 Å². The summed E-state index contributed by atoms with van der Waals surface area (Å²) >= 11 is 0. The highest BCUT2D eigenvalue weighted by molar-refractivity contribution is 5.97. The fraction of sp³-hybridized carbons (Fsp3) is 0.200. The maximum absolute atomic E-state index is 11.3. The quantitative estimate of drug-likeness (QED) is 0.738. The molecule has 1 amide bonds. The van der Waals surface area contributed by atoms with Crippen molar-refractivity contribution in [3.05, 3.63) is 29.3 Å². The number of esters is 1. The molecule has 0 atom stereocenters. The molecule has 0 aliphatic rings. The highest BCUT2D eigenvalue weighted by Gasteiger charge is 2.14. The number of benzene rings is 1. The van der Waals surface area contributed by atoms with E-state index in [2.05, 4.69) is 4.74 Å². The zero-order chi connectivity index (χ0) is 11.4. The minimum Gasteiger partial charge on any atom is -0.496 e. The topological polar surface area (TPSA) is 78.6 Å². The van der Waals surface area contributed by atoms with Crippen LogP contribution < -0.4 is 10.5 Å². The molecule has 0 heterocycles. The second-order valence-corrected chi connectivity index (χ2v) is 2.77. The molecule has 15 heavy (non-hydrogen) atoms. The lowest BCUT2D eigenvalue weighted by Crippen LogP contribution is -2.12. The molecule has 0 unspecified atom stereocenters. The molecule has 0 fully saturated rings. The molecule has 2 N–H and O–H groups in total. The van der Waals surface area contributed by atoms with Gasteiger partial charge >= 0.3 is 5.97 Å². The van der Waals surface area contributed by atoms with Gasteiger partial charge in [-0.15, -0.1) is 0 Å². The zero-order valence-corrected chi connectivity index (χ0v) is 8.44. The SMILES string of the molecule is COC(=O)c1ccc(C(N)=O)cc1OC. The standard InChI is InChI=1S/C10H11NO4/c1-14-8-5-6(9(11)12)3-4-7(8)10(13)15-2/h3-5H,1-2H3,(H2,11,12). The molecule has 1 aromatic carbocycles. The summed E-state index contributed by atoms with van der Waals surface area (Å²) in [5, 5.41) is 0. The Kier molecular flexibility index (Phi) is 3.28. The summed E-state index contributed by atoms with van der Waals surface area (Å²) in [6, 6.07) is 4.27. The molecule has 0 aliphatic heterocycles. The first-order chi connectivity index (χ1) is 7.10. The van der Waals surface area contributed by atoms with Crippen LogP contribution in [0.15, 0.2) is 18.2 Å². The van der Waals surface area contributed by atoms with Crippen LogP contribution in [-0.2, 0) is 4.74 Å². The molecule has 0 spiro atoms. The highest BCUT2D eigenvalue weighted by Crippen LogP contribution is 2.20. The lowest BCUT2D eigenvalue weighted by atomic mass is 10.1. The first kappa shape index (κ1) is 11.0. The number of hydrogen-bond acceptors (Lipinski definition) is 4. The monoisotopic (exact) mass is 209 g/mol. The van der Waals surface area contributed by atoms with Gasteiger partial charge in [-0.25, -0.2) is 4.79 Å². The molecule has 0 aromatic heterocycles. The van der Waals surface area contributed by atoms with Gasteiger partial charge < -0.3 is 15.2 Å². The summed E-state index contributed by atoms with van der Waals surface area (Å²) in [4.78, 5) is 22.1. The minimum atomic E-state index is -0.579. The van der Waals surface area contributed by atoms with E-state index < -0.39 is 11.9 Å². The number of nitrogens with two attached hydrogens (primary N) is 1. The molecule has 0 aliphatic carbocycles. The smallest absolute Gasteiger partial charge is 0.341 e. The van der Waals surface area contributed by atoms with Crippen molar-refractivity contribution in [2.24, 2.45) is 5.73 Å². The summed E-state index contributed by atoms with van der Waals surface area (Å²) < 4.78 is 9.49. The first-order valence-electron chi connectivity index (χ1n) is 4.16. The Morgan fingerprint density at radius 3 is 2.40 bits per heavy atom. The van der Waals surface area contributed by atoms with Gasteiger partial charge in [-0.05, 0) is 18.2 Å². The second-order valence-electron chi connectivity index (χ2n) is 2.77. The summed E-state index contributed by atoms with van der Waals surface area (Å²) in [5.41, 5.74) is 5.62. The Morgan fingerprint density at radius 2 is 1.93 bits per heavy atom. The fourth-order valence-electron chi connectivity index (χ4n) is 1.12. The predicted molar refractivity (Wildman–Crippen MR) is 52.9 cm³/mol. The number of hydrogen-bond donors (Lipinski definition) is 1. The maximum Gasteiger partial charge on any atom is 0.341 e. The van der Waals surface area contributed by atoms with E-state index in [9.17, 15) is 9.59 Å². The Bertz CT molecular complexity index is 400. The third-order valence-corrected chi connectivity index (χ3v) is 1.89. The van der Waals surface area contributed by atoms with Gasteiger partial charge in [-0.2, -0.15) is 0 Å². The molecule has 80 valence electrons. The van der Waals surface area contributed by atoms with E-state index >= 15 is 0 Å². The van der Waals surface area contributed by atoms with E-state index in [4.69, 9.17) is 10.5 Å². The number of ether oxygens (including phenoxy) is 2. The van der Waals surface area contributed by atoms with E-state index in [1.807, 2.05) is 0 Å². The number of amides is 1. The van der Waals surface area contributed by atoms with E-state index in [1.165, 1.54) is 32.4 Å². The minimum absolute atomic E-state index is 0.255. The third-order valence-electron chi connectivity index (χ3n) is 1.89. The highest BCUT2D eigenvalue weighted by atomic mass is 16.5. The second kappa shape index (κ2) is 4.45. The van der Waals surface area contributed by atoms with Crippen molar-refractivity contribution in [1.29, 1.82) is 0 Å². The molecule has 5 nitrogen and oxygen atoms in total. The molecule has 0 radical (unpaired) electrons. The predicted octanol–water partition coefficient (Wildman–Crippen LogP) is 0.581. The number of rotatable bonds is 3. The van der Waals surface area contributed by atoms with E-state index in [-0.39, 0.29) is 16.9 Å². The van der Waals surface area contributed by atoms with Crippen molar-refractivity contribution >= 4 is 11.9 Å². The van der Waals surface area contributed by atoms with Gasteiger partial charge in [0.25, 0.3) is 0 Å². The van der Waals surface area contributed by atoms with Gasteiger partial charge in [0.05, 0.1) is 14.2 Å². The molecular formula is C10H11NO4. The Hall–Kier alpha value is -2.04. The van der Waals surface area contributed by atoms with Crippen molar-refractivity contribution < 1.29 is 19.1 Å². The van der Waals surface area contributed by atoms with Crippen molar-refractivity contribution in [2.45, 2.75) is 0 Å². The number of methoxy groups -OCH3 is 2. The number of primary amides is 1. The lowest BCUT2D eigenvalue weighted by molar-refractivity contribution is 0.0596. The summed E-state index contributed by atoms with van der Waals surface area (Å²) in [7, 11) is 2.66. The zero-order valence-electron chi connectivity index (χ0n) is 8.44. The van der Waals surface area contributed by atoms with Crippen LogP contribution in [0, 0.1) is 0 Å². The van der Waals surface area contributed by atoms with E-state index in [0.29, 0.717) is 0 Å². The van der Waals surface area contributed by atoms with Gasteiger partial charge in [-0.1, -0.05) is 0 Å². The van der Waals surface area contributed by atoms with Crippen LogP contribution in [0.25, 0.3) is 0 Å². The molecule has 1 rings (SSSR count). The van der Waals surface area contributed by atoms with Crippen molar-refractivity contribution in [1.82, 2.24) is 0 Å². The van der Waals surface area contributed by atoms with Gasteiger partial charge in [-0.3, -0.25) is 4.79 Å². The van der Waals surface area contributed by atoms with Crippen LogP contribution >= 0.6 is 0 Å². The summed E-state index contributed by atoms with van der Waals surface area (Å²) in [6.07, 6.45) is 0. The lowest BCUT2D eigenvalue weighted by Gasteiger charge is -2.07. The largest absolute Gasteiger partial charge is 0.496 e. The van der Waals surface area contributed by atoms with Gasteiger partial charge in [0.1, 0.15) is 11.3 Å². The molecule has 0 saturated heterocycles. The fourth-order valence-corrected chi connectivity index (χ4v) is 1.12. The number of carbonyl (C=O) groups excluding carboxylic acids is 2. The van der Waals surface area contributed by atoms with Crippen molar-refractivity contribution in [3.63, 3.8) is 0 Å². The van der Waals surface area contributed by atoms with Crippen LogP contribution in [0.2, 0.25) is 0 Å². The van der Waals surface area contributed by atoms with Gasteiger partial charge in [0.2, 0.25) is 5.91 Å². The number of carbonyl (C=O) groups is 2. The van der Waals surface area contributed by atoms with Gasteiger partial charge in [0, 0.05) is 5.56 Å². The summed E-state index contributed by atoms with van der Waals surface area (Å²) in [6.45, 7) is 0. The Balaban J connectivity index is 3.20. The van der Waals surface area contributed by atoms with Gasteiger partial charge in [0.15, 0.2) is 0 Å². The van der Waals surface area contributed by atoms with Crippen LogP contribution in [0.4, 0.5) is 0 Å². The summed E-state index contributed by atoms with van der Waals surface area (Å²) in [5.74, 6) is -0.842. The first-order valence-corrected chi connectivity index (χ1v) is 4.16. The van der Waals surface area contributed by atoms with Crippen molar-refractivity contribution in [3.8, 4) is 5.75 Å². The van der Waals surface area contributed by atoms with Crippen molar-refractivity contribution in [2.75, 3.05) is 14.2 Å². The molecular weight excluding hydrogens is 198 g/mol. The maximum atomic E-state index is 11.3. The normalized spacial score (nSPS) is 9.47. The average molecular weight is 209 g/mol. The van der Waals surface area contributed by atoms with Crippen LogP contribution in [0.5, 0.6) is 5.75 Å². The molecule has 0 bridgehead atoms. The Morgan fingerprint density at radius 1 is 1.27 bits per heavy atom. The van der Waals surface area contributed by atoms with E-state index in [1.54, 1.807) is 0 Å².